The van der Waals surface area contributed by atoms with Crippen LogP contribution in [0.2, 0.25) is 5.02 Å². The van der Waals surface area contributed by atoms with Crippen LogP contribution in [0.15, 0.2) is 24.3 Å². The molecule has 0 spiro atoms. The molecule has 6 heteroatoms. The van der Waals surface area contributed by atoms with Gasteiger partial charge in [0.1, 0.15) is 5.75 Å². The molecule has 0 saturated heterocycles. The second-order valence-electron chi connectivity index (χ2n) is 4.57. The Morgan fingerprint density at radius 2 is 2.19 bits per heavy atom. The van der Waals surface area contributed by atoms with E-state index < -0.39 is 0 Å². The molecule has 0 bridgehead atoms. The van der Waals surface area contributed by atoms with Gasteiger partial charge in [0.05, 0.1) is 17.2 Å². The number of hydrogen-bond donors (Lipinski definition) is 2. The minimum atomic E-state index is -0.219. The summed E-state index contributed by atoms with van der Waals surface area (Å²) in [5.41, 5.74) is 6.96. The van der Waals surface area contributed by atoms with Gasteiger partial charge in [0.25, 0.3) is 5.91 Å². The second kappa shape index (κ2) is 6.83. The first-order valence-corrected chi connectivity index (χ1v) is 7.80. The molecule has 2 rings (SSSR count). The van der Waals surface area contributed by atoms with E-state index in [0.29, 0.717) is 33.6 Å². The van der Waals surface area contributed by atoms with Gasteiger partial charge in [-0.2, -0.15) is 0 Å². The van der Waals surface area contributed by atoms with Crippen molar-refractivity contribution in [1.29, 1.82) is 0 Å². The van der Waals surface area contributed by atoms with Gasteiger partial charge >= 0.3 is 0 Å². The zero-order chi connectivity index (χ0) is 15.4. The minimum absolute atomic E-state index is 0.219. The lowest BCUT2D eigenvalue weighted by atomic mass is 10.2. The molecule has 3 N–H and O–H groups in total. The Balaban J connectivity index is 2.21. The first-order valence-electron chi connectivity index (χ1n) is 6.61. The summed E-state index contributed by atoms with van der Waals surface area (Å²) in [5, 5.41) is 3.36. The lowest BCUT2D eigenvalue weighted by Crippen LogP contribution is -2.11. The number of benzene rings is 1. The SMILES string of the molecule is CCCOc1ccc(Cl)cc1NC(=O)c1cc(N)c(C)s1. The molecule has 1 amide bonds. The molecule has 0 fully saturated rings. The highest BCUT2D eigenvalue weighted by molar-refractivity contribution is 7.14. The van der Waals surface area contributed by atoms with Crippen molar-refractivity contribution in [1.82, 2.24) is 0 Å². The number of halogens is 1. The monoisotopic (exact) mass is 324 g/mol. The number of nitrogen functional groups attached to an aromatic ring is 1. The van der Waals surface area contributed by atoms with Gasteiger partial charge in [-0.25, -0.2) is 0 Å². The number of rotatable bonds is 5. The van der Waals surface area contributed by atoms with Crippen LogP contribution in [0.25, 0.3) is 0 Å². The number of carbonyl (C=O) groups excluding carboxylic acids is 1. The molecule has 0 radical (unpaired) electrons. The lowest BCUT2D eigenvalue weighted by molar-refractivity contribution is 0.103. The summed E-state index contributed by atoms with van der Waals surface area (Å²) >= 11 is 7.34. The number of nitrogens with two attached hydrogens (primary N) is 1. The molecule has 0 saturated carbocycles. The van der Waals surface area contributed by atoms with Crippen molar-refractivity contribution in [3.05, 3.63) is 39.0 Å². The van der Waals surface area contributed by atoms with Gasteiger partial charge in [0.2, 0.25) is 0 Å². The van der Waals surface area contributed by atoms with Crippen molar-refractivity contribution in [2.45, 2.75) is 20.3 Å². The van der Waals surface area contributed by atoms with Crippen LogP contribution in [0.3, 0.4) is 0 Å². The summed E-state index contributed by atoms with van der Waals surface area (Å²) in [6.45, 7) is 4.48. The van der Waals surface area contributed by atoms with E-state index in [-0.39, 0.29) is 5.91 Å². The normalized spacial score (nSPS) is 10.4. The minimum Gasteiger partial charge on any atom is -0.491 e. The number of thiophene rings is 1. The summed E-state index contributed by atoms with van der Waals surface area (Å²) in [6, 6.07) is 6.83. The standard InChI is InChI=1S/C15H17ClN2O2S/c1-3-6-20-13-5-4-10(16)7-12(13)18-15(19)14-8-11(17)9(2)21-14/h4-5,7-8H,3,6,17H2,1-2H3,(H,18,19). The quantitative estimate of drug-likeness (QED) is 0.860. The third-order valence-electron chi connectivity index (χ3n) is 2.83. The lowest BCUT2D eigenvalue weighted by Gasteiger charge is -2.12. The third-order valence-corrected chi connectivity index (χ3v) is 4.13. The zero-order valence-electron chi connectivity index (χ0n) is 11.9. The number of amides is 1. The van der Waals surface area contributed by atoms with E-state index in [4.69, 9.17) is 22.1 Å². The summed E-state index contributed by atoms with van der Waals surface area (Å²) in [7, 11) is 0. The molecule has 2 aromatic rings. The molecule has 0 aliphatic heterocycles. The van der Waals surface area contributed by atoms with Crippen molar-refractivity contribution < 1.29 is 9.53 Å². The van der Waals surface area contributed by atoms with E-state index in [1.54, 1.807) is 24.3 Å². The number of hydrogen-bond acceptors (Lipinski definition) is 4. The number of carbonyl (C=O) groups is 1. The van der Waals surface area contributed by atoms with Crippen LogP contribution in [-0.4, -0.2) is 12.5 Å². The van der Waals surface area contributed by atoms with Crippen LogP contribution < -0.4 is 15.8 Å². The van der Waals surface area contributed by atoms with Crippen LogP contribution in [0, 0.1) is 6.92 Å². The average molecular weight is 325 g/mol. The zero-order valence-corrected chi connectivity index (χ0v) is 13.5. The maximum absolute atomic E-state index is 12.3. The van der Waals surface area contributed by atoms with E-state index in [2.05, 4.69) is 5.32 Å². The van der Waals surface area contributed by atoms with Gasteiger partial charge in [-0.15, -0.1) is 11.3 Å². The van der Waals surface area contributed by atoms with E-state index in [1.807, 2.05) is 13.8 Å². The van der Waals surface area contributed by atoms with E-state index in [0.717, 1.165) is 11.3 Å². The van der Waals surface area contributed by atoms with Crippen LogP contribution in [-0.2, 0) is 0 Å². The van der Waals surface area contributed by atoms with Gasteiger partial charge < -0.3 is 15.8 Å². The van der Waals surface area contributed by atoms with Gasteiger partial charge in [0, 0.05) is 15.6 Å². The molecule has 21 heavy (non-hydrogen) atoms. The smallest absolute Gasteiger partial charge is 0.265 e. The Labute approximate surface area is 132 Å². The topological polar surface area (TPSA) is 64.3 Å². The largest absolute Gasteiger partial charge is 0.491 e. The van der Waals surface area contributed by atoms with Crippen LogP contribution in [0.5, 0.6) is 5.75 Å². The highest BCUT2D eigenvalue weighted by atomic mass is 35.5. The Morgan fingerprint density at radius 3 is 2.81 bits per heavy atom. The van der Waals surface area contributed by atoms with Gasteiger partial charge in [-0.1, -0.05) is 18.5 Å². The molecule has 0 aliphatic carbocycles. The number of nitrogens with one attached hydrogen (secondary N) is 1. The van der Waals surface area contributed by atoms with Crippen LogP contribution >= 0.6 is 22.9 Å². The average Bonchev–Trinajstić information content (AvgIpc) is 2.78. The van der Waals surface area contributed by atoms with E-state index in [9.17, 15) is 4.79 Å². The highest BCUT2D eigenvalue weighted by Gasteiger charge is 2.14. The maximum Gasteiger partial charge on any atom is 0.265 e. The molecular weight excluding hydrogens is 308 g/mol. The summed E-state index contributed by atoms with van der Waals surface area (Å²) in [5.74, 6) is 0.388. The second-order valence-corrected chi connectivity index (χ2v) is 6.26. The molecule has 0 unspecified atom stereocenters. The molecule has 4 nitrogen and oxygen atoms in total. The predicted molar refractivity (Wildman–Crippen MR) is 88.7 cm³/mol. The number of aryl methyl sites for hydroxylation is 1. The van der Waals surface area contributed by atoms with Crippen LogP contribution in [0.1, 0.15) is 27.9 Å². The predicted octanol–water partition coefficient (Wildman–Crippen LogP) is 4.33. The Hall–Kier alpha value is -1.72. The molecule has 0 atom stereocenters. The van der Waals surface area contributed by atoms with Crippen molar-refractivity contribution >= 4 is 40.2 Å². The van der Waals surface area contributed by atoms with E-state index >= 15 is 0 Å². The number of anilines is 2. The summed E-state index contributed by atoms with van der Waals surface area (Å²) < 4.78 is 5.61. The van der Waals surface area contributed by atoms with Crippen molar-refractivity contribution in [2.24, 2.45) is 0 Å². The molecule has 1 aromatic carbocycles. The molecule has 112 valence electrons. The fourth-order valence-corrected chi connectivity index (χ4v) is 2.74. The van der Waals surface area contributed by atoms with Crippen molar-refractivity contribution in [2.75, 3.05) is 17.7 Å². The maximum atomic E-state index is 12.3. The fourth-order valence-electron chi connectivity index (χ4n) is 1.73. The van der Waals surface area contributed by atoms with Crippen molar-refractivity contribution in [3.8, 4) is 5.75 Å². The van der Waals surface area contributed by atoms with Gasteiger partial charge in [0.15, 0.2) is 0 Å². The third kappa shape index (κ3) is 3.89. The fraction of sp³-hybridized carbons (Fsp3) is 0.267. The van der Waals surface area contributed by atoms with Gasteiger partial charge in [-0.3, -0.25) is 4.79 Å². The van der Waals surface area contributed by atoms with Crippen LogP contribution in [0.4, 0.5) is 11.4 Å². The first-order chi connectivity index (χ1) is 10.0. The molecule has 1 heterocycles. The number of ether oxygens (including phenoxy) is 1. The Bertz CT molecular complexity index is 636. The molecule has 0 aliphatic rings. The summed E-state index contributed by atoms with van der Waals surface area (Å²) in [6.07, 6.45) is 0.886. The summed E-state index contributed by atoms with van der Waals surface area (Å²) in [4.78, 5) is 13.7. The molecular formula is C15H17ClN2O2S. The van der Waals surface area contributed by atoms with Gasteiger partial charge in [-0.05, 0) is 37.6 Å². The Kier molecular flexibility index (Phi) is 5.09. The molecule has 1 aromatic heterocycles. The Morgan fingerprint density at radius 1 is 1.43 bits per heavy atom. The first kappa shape index (κ1) is 15.7. The highest BCUT2D eigenvalue weighted by Crippen LogP contribution is 2.30. The van der Waals surface area contributed by atoms with E-state index in [1.165, 1.54) is 11.3 Å². The van der Waals surface area contributed by atoms with Crippen molar-refractivity contribution in [3.63, 3.8) is 0 Å².